The average molecular weight is 385 g/mol. The maximum absolute atomic E-state index is 13.3. The first-order valence-electron chi connectivity index (χ1n) is 9.00. The molecule has 2 rings (SSSR count). The van der Waals surface area contributed by atoms with Gasteiger partial charge in [0.25, 0.3) is 0 Å². The minimum absolute atomic E-state index is 0.0328. The Morgan fingerprint density at radius 1 is 1.33 bits per heavy atom. The molecule has 27 heavy (non-hydrogen) atoms. The third-order valence-electron chi connectivity index (χ3n) is 4.57. The van der Waals surface area contributed by atoms with Gasteiger partial charge in [-0.3, -0.25) is 14.5 Å². The molecule has 1 aromatic carbocycles. The second-order valence-corrected chi connectivity index (χ2v) is 7.30. The molecule has 0 spiro atoms. The van der Waals surface area contributed by atoms with E-state index < -0.39 is 17.8 Å². The Bertz CT molecular complexity index is 676. The van der Waals surface area contributed by atoms with Gasteiger partial charge in [0, 0.05) is 33.2 Å². The van der Waals surface area contributed by atoms with Crippen LogP contribution in [0.3, 0.4) is 0 Å². The highest BCUT2D eigenvalue weighted by atomic mass is 19.4. The van der Waals surface area contributed by atoms with Crippen molar-refractivity contribution in [2.45, 2.75) is 39.0 Å². The molecule has 1 atom stereocenters. The van der Waals surface area contributed by atoms with Crippen LogP contribution in [-0.4, -0.2) is 54.3 Å². The Hall–Kier alpha value is -2.09. The highest BCUT2D eigenvalue weighted by molar-refractivity contribution is 5.88. The van der Waals surface area contributed by atoms with Gasteiger partial charge in [0.15, 0.2) is 0 Å². The lowest BCUT2D eigenvalue weighted by Crippen LogP contribution is -2.56. The summed E-state index contributed by atoms with van der Waals surface area (Å²) in [6.45, 7) is 5.23. The summed E-state index contributed by atoms with van der Waals surface area (Å²) in [5.41, 5.74) is -0.606. The van der Waals surface area contributed by atoms with E-state index in [1.165, 1.54) is 12.1 Å². The quantitative estimate of drug-likeness (QED) is 0.819. The molecule has 2 amide bonds. The van der Waals surface area contributed by atoms with Crippen molar-refractivity contribution in [3.63, 3.8) is 0 Å². The van der Waals surface area contributed by atoms with Crippen molar-refractivity contribution in [1.82, 2.24) is 15.1 Å². The summed E-state index contributed by atoms with van der Waals surface area (Å²) >= 11 is 0. The van der Waals surface area contributed by atoms with Gasteiger partial charge in [0.05, 0.1) is 18.0 Å². The molecule has 1 aliphatic rings. The first kappa shape index (κ1) is 21.2. The van der Waals surface area contributed by atoms with Crippen molar-refractivity contribution in [3.8, 4) is 0 Å². The summed E-state index contributed by atoms with van der Waals surface area (Å²) in [7, 11) is 1.67. The topological polar surface area (TPSA) is 52.7 Å². The number of piperazine rings is 1. The molecule has 1 aromatic rings. The molecule has 0 saturated carbocycles. The third kappa shape index (κ3) is 5.69. The maximum atomic E-state index is 13.3. The molecule has 0 aromatic heterocycles. The van der Waals surface area contributed by atoms with Crippen molar-refractivity contribution in [1.29, 1.82) is 0 Å². The normalized spacial score (nSPS) is 18.5. The minimum atomic E-state index is -4.46. The summed E-state index contributed by atoms with van der Waals surface area (Å²) in [5, 5.41) is 2.70. The summed E-state index contributed by atoms with van der Waals surface area (Å²) < 4.78 is 39.8. The highest BCUT2D eigenvalue weighted by Gasteiger charge is 2.36. The van der Waals surface area contributed by atoms with Gasteiger partial charge in [-0.15, -0.1) is 0 Å². The average Bonchev–Trinajstić information content (AvgIpc) is 2.56. The van der Waals surface area contributed by atoms with Crippen molar-refractivity contribution in [2.75, 3.05) is 26.7 Å². The monoisotopic (exact) mass is 385 g/mol. The molecule has 0 aliphatic carbocycles. The Morgan fingerprint density at radius 2 is 2.00 bits per heavy atom. The Balaban J connectivity index is 2.17. The standard InChI is InChI=1S/C19H26F3N3O2/c1-13(2)11-24(3)17(26)10-16-18(27)23-8-9-25(16)12-14-6-4-5-7-15(14)19(20,21)22/h4-7,13,16H,8-12H2,1-3H3,(H,23,27). The molecule has 1 aliphatic heterocycles. The molecular formula is C19H26F3N3O2. The van der Waals surface area contributed by atoms with Crippen molar-refractivity contribution >= 4 is 11.8 Å². The van der Waals surface area contributed by atoms with Crippen LogP contribution in [0.15, 0.2) is 24.3 Å². The van der Waals surface area contributed by atoms with Crippen molar-refractivity contribution in [3.05, 3.63) is 35.4 Å². The fourth-order valence-corrected chi connectivity index (χ4v) is 3.30. The van der Waals surface area contributed by atoms with Crippen LogP contribution in [-0.2, 0) is 22.3 Å². The maximum Gasteiger partial charge on any atom is 0.416 e. The number of nitrogens with one attached hydrogen (secondary N) is 1. The lowest BCUT2D eigenvalue weighted by atomic mass is 10.0. The van der Waals surface area contributed by atoms with Crippen LogP contribution in [0.1, 0.15) is 31.4 Å². The van der Waals surface area contributed by atoms with E-state index in [1.54, 1.807) is 22.9 Å². The van der Waals surface area contributed by atoms with Gasteiger partial charge < -0.3 is 10.2 Å². The first-order valence-corrected chi connectivity index (χ1v) is 9.00. The van der Waals surface area contributed by atoms with Crippen LogP contribution in [0.2, 0.25) is 0 Å². The highest BCUT2D eigenvalue weighted by Crippen LogP contribution is 2.32. The Morgan fingerprint density at radius 3 is 2.63 bits per heavy atom. The zero-order valence-corrected chi connectivity index (χ0v) is 15.8. The molecule has 150 valence electrons. The predicted molar refractivity (Wildman–Crippen MR) is 95.7 cm³/mol. The number of rotatable bonds is 6. The van der Waals surface area contributed by atoms with Gasteiger partial charge in [0.1, 0.15) is 0 Å². The van der Waals surface area contributed by atoms with E-state index in [0.29, 0.717) is 19.6 Å². The molecule has 1 unspecified atom stereocenters. The van der Waals surface area contributed by atoms with Crippen LogP contribution in [0.4, 0.5) is 13.2 Å². The van der Waals surface area contributed by atoms with E-state index in [9.17, 15) is 22.8 Å². The molecule has 5 nitrogen and oxygen atoms in total. The lowest BCUT2D eigenvalue weighted by molar-refractivity contribution is -0.140. The number of carbonyl (C=O) groups is 2. The largest absolute Gasteiger partial charge is 0.416 e. The molecule has 0 bridgehead atoms. The van der Waals surface area contributed by atoms with E-state index in [4.69, 9.17) is 0 Å². The van der Waals surface area contributed by atoms with Gasteiger partial charge in [-0.05, 0) is 17.5 Å². The van der Waals surface area contributed by atoms with Gasteiger partial charge in [-0.2, -0.15) is 13.2 Å². The van der Waals surface area contributed by atoms with Crippen LogP contribution < -0.4 is 5.32 Å². The molecule has 1 heterocycles. The second-order valence-electron chi connectivity index (χ2n) is 7.30. The van der Waals surface area contributed by atoms with Gasteiger partial charge in [-0.25, -0.2) is 0 Å². The summed E-state index contributed by atoms with van der Waals surface area (Å²) in [5.74, 6) is -0.231. The zero-order valence-electron chi connectivity index (χ0n) is 15.8. The number of halogens is 3. The molecule has 1 saturated heterocycles. The molecule has 8 heteroatoms. The number of alkyl halides is 3. The summed E-state index contributed by atoms with van der Waals surface area (Å²) in [4.78, 5) is 28.0. The van der Waals surface area contributed by atoms with Crippen LogP contribution in [0, 0.1) is 5.92 Å². The van der Waals surface area contributed by atoms with Crippen LogP contribution >= 0.6 is 0 Å². The van der Waals surface area contributed by atoms with Crippen molar-refractivity contribution < 1.29 is 22.8 Å². The van der Waals surface area contributed by atoms with Crippen LogP contribution in [0.5, 0.6) is 0 Å². The molecular weight excluding hydrogens is 359 g/mol. The summed E-state index contributed by atoms with van der Waals surface area (Å²) in [6, 6.07) is 4.57. The molecule has 0 radical (unpaired) electrons. The van der Waals surface area contributed by atoms with Crippen LogP contribution in [0.25, 0.3) is 0 Å². The van der Waals surface area contributed by atoms with E-state index in [2.05, 4.69) is 5.32 Å². The summed E-state index contributed by atoms with van der Waals surface area (Å²) in [6.07, 6.45) is -4.51. The number of carbonyl (C=O) groups excluding carboxylic acids is 2. The Kier molecular flexibility index (Phi) is 6.86. The number of hydrogen-bond acceptors (Lipinski definition) is 3. The van der Waals surface area contributed by atoms with E-state index in [-0.39, 0.29) is 36.3 Å². The van der Waals surface area contributed by atoms with E-state index >= 15 is 0 Å². The molecule has 1 fully saturated rings. The number of amides is 2. The van der Waals surface area contributed by atoms with E-state index in [0.717, 1.165) is 6.07 Å². The SMILES string of the molecule is CC(C)CN(C)C(=O)CC1C(=O)NCCN1Cc1ccccc1C(F)(F)F. The predicted octanol–water partition coefficient (Wildman–Crippen LogP) is 2.51. The second kappa shape index (κ2) is 8.73. The number of nitrogens with zero attached hydrogens (tertiary/aromatic N) is 2. The van der Waals surface area contributed by atoms with Gasteiger partial charge in [-0.1, -0.05) is 32.0 Å². The zero-order chi connectivity index (χ0) is 20.2. The number of benzene rings is 1. The van der Waals surface area contributed by atoms with Crippen molar-refractivity contribution in [2.24, 2.45) is 5.92 Å². The Labute approximate surface area is 157 Å². The fourth-order valence-electron chi connectivity index (χ4n) is 3.30. The van der Waals surface area contributed by atoms with E-state index in [1.807, 2.05) is 13.8 Å². The smallest absolute Gasteiger partial charge is 0.353 e. The minimum Gasteiger partial charge on any atom is -0.353 e. The fraction of sp³-hybridized carbons (Fsp3) is 0.579. The van der Waals surface area contributed by atoms with Gasteiger partial charge >= 0.3 is 6.18 Å². The molecule has 1 N–H and O–H groups in total. The lowest BCUT2D eigenvalue weighted by Gasteiger charge is -2.36. The third-order valence-corrected chi connectivity index (χ3v) is 4.57. The van der Waals surface area contributed by atoms with Gasteiger partial charge in [0.2, 0.25) is 11.8 Å². The first-order chi connectivity index (χ1) is 12.6. The number of hydrogen-bond donors (Lipinski definition) is 1.